The second-order valence-electron chi connectivity index (χ2n) is 5.59. The molecule has 1 aromatic heterocycles. The van der Waals surface area contributed by atoms with E-state index in [1.807, 2.05) is 24.3 Å². The quantitative estimate of drug-likeness (QED) is 0.852. The molecule has 1 aromatic carbocycles. The van der Waals surface area contributed by atoms with Crippen LogP contribution in [0.5, 0.6) is 11.5 Å². The van der Waals surface area contributed by atoms with Gasteiger partial charge in [0.2, 0.25) is 6.79 Å². The molecule has 0 saturated heterocycles. The van der Waals surface area contributed by atoms with Crippen molar-refractivity contribution in [2.75, 3.05) is 24.0 Å². The van der Waals surface area contributed by atoms with Crippen molar-refractivity contribution in [3.8, 4) is 11.5 Å². The summed E-state index contributed by atoms with van der Waals surface area (Å²) in [6.45, 7) is 5.58. The summed E-state index contributed by atoms with van der Waals surface area (Å²) in [7, 11) is 0. The van der Waals surface area contributed by atoms with Crippen LogP contribution in [0.25, 0.3) is 0 Å². The first kappa shape index (κ1) is 14.4. The van der Waals surface area contributed by atoms with Gasteiger partial charge in [-0.3, -0.25) is 0 Å². The van der Waals surface area contributed by atoms with Crippen molar-refractivity contribution < 1.29 is 9.47 Å². The summed E-state index contributed by atoms with van der Waals surface area (Å²) in [5.74, 6) is 3.74. The summed E-state index contributed by atoms with van der Waals surface area (Å²) in [5.41, 5.74) is 0.899. The lowest BCUT2D eigenvalue weighted by molar-refractivity contribution is 0.174. The first-order chi connectivity index (χ1) is 10.7. The SMILES string of the molecule is CC(C)CCNc1cc(Nc2ccc3c(c2)OCO3)ncn1. The summed E-state index contributed by atoms with van der Waals surface area (Å²) >= 11 is 0. The van der Waals surface area contributed by atoms with Crippen molar-refractivity contribution in [2.24, 2.45) is 5.92 Å². The Balaban J connectivity index is 1.65. The number of aromatic nitrogens is 2. The van der Waals surface area contributed by atoms with Crippen LogP contribution in [0.1, 0.15) is 20.3 Å². The Morgan fingerprint density at radius 3 is 2.77 bits per heavy atom. The fraction of sp³-hybridized carbons (Fsp3) is 0.375. The van der Waals surface area contributed by atoms with E-state index in [0.29, 0.717) is 5.92 Å². The van der Waals surface area contributed by atoms with E-state index in [2.05, 4.69) is 34.4 Å². The predicted octanol–water partition coefficient (Wildman–Crippen LogP) is 3.41. The summed E-state index contributed by atoms with van der Waals surface area (Å²) in [5, 5.41) is 6.55. The maximum absolute atomic E-state index is 5.37. The molecule has 0 fully saturated rings. The lowest BCUT2D eigenvalue weighted by atomic mass is 10.1. The molecule has 2 aromatic rings. The van der Waals surface area contributed by atoms with Gasteiger partial charge in [0, 0.05) is 24.4 Å². The van der Waals surface area contributed by atoms with E-state index in [9.17, 15) is 0 Å². The van der Waals surface area contributed by atoms with Gasteiger partial charge in [0.15, 0.2) is 11.5 Å². The van der Waals surface area contributed by atoms with Crippen LogP contribution in [0.3, 0.4) is 0 Å². The Bertz CT molecular complexity index is 646. The van der Waals surface area contributed by atoms with Crippen molar-refractivity contribution in [1.82, 2.24) is 9.97 Å². The number of nitrogens with zero attached hydrogens (tertiary/aromatic N) is 2. The van der Waals surface area contributed by atoms with Crippen LogP contribution in [0.4, 0.5) is 17.3 Å². The third-order valence-electron chi connectivity index (χ3n) is 3.34. The van der Waals surface area contributed by atoms with Gasteiger partial charge in [0.1, 0.15) is 18.0 Å². The molecule has 0 unspecified atom stereocenters. The van der Waals surface area contributed by atoms with Crippen molar-refractivity contribution in [1.29, 1.82) is 0 Å². The maximum Gasteiger partial charge on any atom is 0.231 e. The molecule has 116 valence electrons. The minimum atomic E-state index is 0.274. The van der Waals surface area contributed by atoms with E-state index >= 15 is 0 Å². The van der Waals surface area contributed by atoms with Crippen LogP contribution in [-0.2, 0) is 0 Å². The summed E-state index contributed by atoms with van der Waals surface area (Å²) in [4.78, 5) is 8.47. The molecule has 0 atom stereocenters. The molecule has 0 radical (unpaired) electrons. The Hall–Kier alpha value is -2.50. The predicted molar refractivity (Wildman–Crippen MR) is 85.8 cm³/mol. The van der Waals surface area contributed by atoms with Gasteiger partial charge < -0.3 is 20.1 Å². The van der Waals surface area contributed by atoms with Gasteiger partial charge in [-0.15, -0.1) is 0 Å². The number of hydrogen-bond acceptors (Lipinski definition) is 6. The first-order valence-electron chi connectivity index (χ1n) is 7.43. The van der Waals surface area contributed by atoms with Crippen LogP contribution < -0.4 is 20.1 Å². The number of anilines is 3. The van der Waals surface area contributed by atoms with Crippen molar-refractivity contribution in [2.45, 2.75) is 20.3 Å². The fourth-order valence-electron chi connectivity index (χ4n) is 2.13. The fourth-order valence-corrected chi connectivity index (χ4v) is 2.13. The van der Waals surface area contributed by atoms with Crippen LogP contribution in [0.2, 0.25) is 0 Å². The van der Waals surface area contributed by atoms with Crippen molar-refractivity contribution >= 4 is 17.3 Å². The second kappa shape index (κ2) is 6.51. The summed E-state index contributed by atoms with van der Waals surface area (Å²) in [6.07, 6.45) is 2.65. The highest BCUT2D eigenvalue weighted by molar-refractivity contribution is 5.63. The number of nitrogens with one attached hydrogen (secondary N) is 2. The van der Waals surface area contributed by atoms with E-state index in [-0.39, 0.29) is 6.79 Å². The number of hydrogen-bond donors (Lipinski definition) is 2. The number of ether oxygens (including phenoxy) is 2. The highest BCUT2D eigenvalue weighted by Crippen LogP contribution is 2.34. The van der Waals surface area contributed by atoms with Gasteiger partial charge in [-0.25, -0.2) is 9.97 Å². The third-order valence-corrected chi connectivity index (χ3v) is 3.34. The average Bonchev–Trinajstić information content (AvgIpc) is 2.95. The Morgan fingerprint density at radius 1 is 1.09 bits per heavy atom. The lowest BCUT2D eigenvalue weighted by Crippen LogP contribution is -2.06. The van der Waals surface area contributed by atoms with Crippen LogP contribution in [0.15, 0.2) is 30.6 Å². The van der Waals surface area contributed by atoms with Crippen molar-refractivity contribution in [3.63, 3.8) is 0 Å². The van der Waals surface area contributed by atoms with E-state index in [0.717, 1.165) is 41.8 Å². The van der Waals surface area contributed by atoms with Crippen LogP contribution in [-0.4, -0.2) is 23.3 Å². The molecule has 0 saturated carbocycles. The minimum Gasteiger partial charge on any atom is -0.454 e. The molecule has 3 rings (SSSR count). The zero-order chi connectivity index (χ0) is 15.4. The molecular weight excluding hydrogens is 280 g/mol. The minimum absolute atomic E-state index is 0.274. The van der Waals surface area contributed by atoms with E-state index in [1.54, 1.807) is 6.33 Å². The Morgan fingerprint density at radius 2 is 1.91 bits per heavy atom. The monoisotopic (exact) mass is 300 g/mol. The molecule has 0 bridgehead atoms. The molecule has 0 aliphatic carbocycles. The topological polar surface area (TPSA) is 68.3 Å². The smallest absolute Gasteiger partial charge is 0.231 e. The zero-order valence-electron chi connectivity index (χ0n) is 12.8. The molecule has 0 spiro atoms. The van der Waals surface area contributed by atoms with E-state index < -0.39 is 0 Å². The van der Waals surface area contributed by atoms with Crippen LogP contribution in [0, 0.1) is 5.92 Å². The van der Waals surface area contributed by atoms with Gasteiger partial charge >= 0.3 is 0 Å². The maximum atomic E-state index is 5.37. The zero-order valence-corrected chi connectivity index (χ0v) is 12.8. The lowest BCUT2D eigenvalue weighted by Gasteiger charge is -2.10. The molecule has 22 heavy (non-hydrogen) atoms. The summed E-state index contributed by atoms with van der Waals surface area (Å²) in [6, 6.07) is 7.61. The number of rotatable bonds is 6. The first-order valence-corrected chi connectivity index (χ1v) is 7.43. The molecule has 0 amide bonds. The molecule has 1 aliphatic rings. The highest BCUT2D eigenvalue weighted by Gasteiger charge is 2.13. The molecular formula is C16H20N4O2. The number of fused-ring (bicyclic) bond motifs is 1. The van der Waals surface area contributed by atoms with Gasteiger partial charge in [0.05, 0.1) is 0 Å². The van der Waals surface area contributed by atoms with Crippen LogP contribution >= 0.6 is 0 Å². The molecule has 1 aliphatic heterocycles. The Labute approximate surface area is 129 Å². The van der Waals surface area contributed by atoms with Gasteiger partial charge in [-0.2, -0.15) is 0 Å². The van der Waals surface area contributed by atoms with Gasteiger partial charge in [-0.05, 0) is 24.5 Å². The standard InChI is InChI=1S/C16H20N4O2/c1-11(2)5-6-17-15-8-16(19-9-18-15)20-12-3-4-13-14(7-12)22-10-21-13/h3-4,7-9,11H,5-6,10H2,1-2H3,(H2,17,18,19,20). The summed E-state index contributed by atoms with van der Waals surface area (Å²) < 4.78 is 10.7. The van der Waals surface area contributed by atoms with Gasteiger partial charge in [0.25, 0.3) is 0 Å². The normalized spacial score (nSPS) is 12.5. The molecule has 2 N–H and O–H groups in total. The van der Waals surface area contributed by atoms with Gasteiger partial charge in [-0.1, -0.05) is 13.8 Å². The second-order valence-corrected chi connectivity index (χ2v) is 5.59. The number of benzene rings is 1. The Kier molecular flexibility index (Phi) is 4.27. The largest absolute Gasteiger partial charge is 0.454 e. The molecule has 2 heterocycles. The average molecular weight is 300 g/mol. The third kappa shape index (κ3) is 3.58. The van der Waals surface area contributed by atoms with E-state index in [1.165, 1.54) is 0 Å². The van der Waals surface area contributed by atoms with Crippen molar-refractivity contribution in [3.05, 3.63) is 30.6 Å². The molecule has 6 nitrogen and oxygen atoms in total. The van der Waals surface area contributed by atoms with E-state index in [4.69, 9.17) is 9.47 Å². The molecule has 6 heteroatoms. The highest BCUT2D eigenvalue weighted by atomic mass is 16.7.